The summed E-state index contributed by atoms with van der Waals surface area (Å²) < 4.78 is 0. The Morgan fingerprint density at radius 1 is 0.164 bits per heavy atom. The first-order valence-corrected chi connectivity index (χ1v) is 42.4. The van der Waals surface area contributed by atoms with Gasteiger partial charge in [-0.1, -0.05) is 402 Å². The van der Waals surface area contributed by atoms with Gasteiger partial charge in [0.05, 0.1) is 5.41 Å². The van der Waals surface area contributed by atoms with Crippen LogP contribution in [0.15, 0.2) is 473 Å². The molecule has 0 heterocycles. The molecular weight excluding hydrogens is 1470 g/mol. The Hall–Kier alpha value is -15.5. The number of anilines is 6. The summed E-state index contributed by atoms with van der Waals surface area (Å²) in [4.78, 5) is 4.87. The lowest BCUT2D eigenvalue weighted by atomic mass is 9.67. The van der Waals surface area contributed by atoms with Crippen LogP contribution in [-0.4, -0.2) is 0 Å². The minimum absolute atomic E-state index is 0.157. The van der Waals surface area contributed by atoms with Crippen LogP contribution < -0.4 is 9.80 Å². The molecule has 0 aromatic heterocycles. The van der Waals surface area contributed by atoms with Gasteiger partial charge in [0.1, 0.15) is 0 Å². The molecule has 0 radical (unpaired) electrons. The van der Waals surface area contributed by atoms with E-state index in [1.807, 2.05) is 0 Å². The molecule has 20 aromatic carbocycles. The van der Waals surface area contributed by atoms with Crippen molar-refractivity contribution in [2.24, 2.45) is 0 Å². The fraction of sp³-hybridized carbons (Fsp3) is 0.0333. The largest absolute Gasteiger partial charge is 0.310 e. The SMILES string of the molecule is CC1(C)c2ccccc2-c2cccc(-c3ccc(N(c4cccc(-c5ccccc5-c5ccccc5)c4)c4cccc(-c5ccc(-c6ccc7c(c6)C(c6ccccc6)(c6ccccc6)c6cc(-c8ccc(N(c9cccc(-c%10ccccc%10-c%10ccccc%10)c9)c9cccc(-c%10cccc%11ccccc%10%11)c9)cc8)ccc6-7)c6ccccc56)c4)cc3)c21. The van der Waals surface area contributed by atoms with Gasteiger partial charge >= 0.3 is 0 Å². The van der Waals surface area contributed by atoms with Crippen LogP contribution in [0, 0.1) is 0 Å². The normalized spacial score (nSPS) is 12.6. The minimum Gasteiger partial charge on any atom is -0.310 e. The maximum absolute atomic E-state index is 2.52. The van der Waals surface area contributed by atoms with Crippen molar-refractivity contribution >= 4 is 55.7 Å². The van der Waals surface area contributed by atoms with E-state index in [9.17, 15) is 0 Å². The lowest BCUT2D eigenvalue weighted by Gasteiger charge is -2.34. The predicted molar refractivity (Wildman–Crippen MR) is 515 cm³/mol. The Labute approximate surface area is 714 Å². The number of benzene rings is 20. The van der Waals surface area contributed by atoms with E-state index in [-0.39, 0.29) is 5.41 Å². The molecule has 574 valence electrons. The molecule has 0 N–H and O–H groups in total. The Morgan fingerprint density at radius 2 is 0.459 bits per heavy atom. The highest BCUT2D eigenvalue weighted by atomic mass is 15.1. The zero-order chi connectivity index (χ0) is 81.2. The molecular formula is C120H84N2. The lowest BCUT2D eigenvalue weighted by molar-refractivity contribution is 0.662. The van der Waals surface area contributed by atoms with E-state index in [2.05, 4.69) is 497 Å². The molecule has 22 rings (SSSR count). The third-order valence-electron chi connectivity index (χ3n) is 25.7. The molecule has 0 spiro atoms. The van der Waals surface area contributed by atoms with Crippen molar-refractivity contribution < 1.29 is 0 Å². The molecule has 0 unspecified atom stereocenters. The molecule has 2 heteroatoms. The summed E-state index contributed by atoms with van der Waals surface area (Å²) in [5.74, 6) is 0. The maximum Gasteiger partial charge on any atom is 0.0713 e. The van der Waals surface area contributed by atoms with Gasteiger partial charge < -0.3 is 9.80 Å². The quantitative estimate of drug-likeness (QED) is 0.0896. The van der Waals surface area contributed by atoms with Crippen LogP contribution in [0.2, 0.25) is 0 Å². The third-order valence-corrected chi connectivity index (χ3v) is 25.7. The van der Waals surface area contributed by atoms with Crippen molar-refractivity contribution in [3.8, 4) is 122 Å². The average molecular weight is 1550 g/mol. The number of nitrogens with zero attached hydrogens (tertiary/aromatic N) is 2. The summed E-state index contributed by atoms with van der Waals surface area (Å²) in [7, 11) is 0. The maximum atomic E-state index is 2.52. The first-order chi connectivity index (χ1) is 60.3. The average Bonchev–Trinajstić information content (AvgIpc) is 1.52. The van der Waals surface area contributed by atoms with Crippen LogP contribution in [0.3, 0.4) is 0 Å². The molecule has 0 saturated carbocycles. The Morgan fingerprint density at radius 3 is 0.959 bits per heavy atom. The van der Waals surface area contributed by atoms with Crippen LogP contribution in [0.4, 0.5) is 34.1 Å². The number of hydrogen-bond donors (Lipinski definition) is 0. The topological polar surface area (TPSA) is 6.48 Å². The highest BCUT2D eigenvalue weighted by molar-refractivity contribution is 6.07. The highest BCUT2D eigenvalue weighted by Gasteiger charge is 2.47. The van der Waals surface area contributed by atoms with E-state index >= 15 is 0 Å². The molecule has 2 aliphatic carbocycles. The van der Waals surface area contributed by atoms with Crippen LogP contribution >= 0.6 is 0 Å². The van der Waals surface area contributed by atoms with Crippen molar-refractivity contribution in [3.63, 3.8) is 0 Å². The summed E-state index contributed by atoms with van der Waals surface area (Å²) in [6, 6.07) is 176. The number of fused-ring (bicyclic) bond motifs is 8. The van der Waals surface area contributed by atoms with Crippen molar-refractivity contribution in [3.05, 3.63) is 507 Å². The molecule has 0 fully saturated rings. The summed E-state index contributed by atoms with van der Waals surface area (Å²) in [6.45, 7) is 4.76. The molecule has 0 amide bonds. The highest BCUT2D eigenvalue weighted by Crippen LogP contribution is 2.59. The monoisotopic (exact) mass is 1550 g/mol. The van der Waals surface area contributed by atoms with Gasteiger partial charge in [-0.15, -0.1) is 0 Å². The Bertz CT molecular complexity index is 7340. The first kappa shape index (κ1) is 72.9. The summed E-state index contributed by atoms with van der Waals surface area (Å²) >= 11 is 0. The van der Waals surface area contributed by atoms with Crippen molar-refractivity contribution in [1.29, 1.82) is 0 Å². The van der Waals surface area contributed by atoms with Gasteiger partial charge in [-0.25, -0.2) is 0 Å². The van der Waals surface area contributed by atoms with Crippen LogP contribution in [0.1, 0.15) is 47.2 Å². The van der Waals surface area contributed by atoms with E-state index in [1.165, 1.54) is 138 Å². The smallest absolute Gasteiger partial charge is 0.0713 e. The van der Waals surface area contributed by atoms with Gasteiger partial charge in [0.25, 0.3) is 0 Å². The van der Waals surface area contributed by atoms with E-state index in [0.717, 1.165) is 73.1 Å². The number of rotatable bonds is 17. The second-order valence-corrected chi connectivity index (χ2v) is 32.9. The standard InChI is InChI=1S/C120H84N2/c1-119(2)115-60-24-23-56-111(115)114-59-30-58-108(118(114)119)85-63-69-95(70-64-85)122(97-46-26-38-88(76-97)104-53-20-18-51-101(104)83-33-9-4-10-34-83)99-48-28-40-90(78-99)106-73-74-107(110-55-22-21-54-109(106)110)91-66-72-113-112-71-65-86(79-116(112)120(117(113)80-91,92-41-11-5-12-42-92)93-43-13-6-14-44-93)81-61-67-94(68-62-81)121(98-47-27-39-89(77-98)105-57-29-36-84-35-15-16-49-102(84)105)96-45-25-37-87(75-96)103-52-19-17-50-100(103)82-31-7-3-8-32-82/h3-80H,1-2H3. The molecule has 2 aliphatic rings. The van der Waals surface area contributed by atoms with Crippen LogP contribution in [0.5, 0.6) is 0 Å². The van der Waals surface area contributed by atoms with E-state index in [4.69, 9.17) is 0 Å². The van der Waals surface area contributed by atoms with Gasteiger partial charge in [0.2, 0.25) is 0 Å². The van der Waals surface area contributed by atoms with Crippen molar-refractivity contribution in [2.45, 2.75) is 24.7 Å². The van der Waals surface area contributed by atoms with Crippen LogP contribution in [-0.2, 0) is 10.8 Å². The Balaban J connectivity index is 0.638. The van der Waals surface area contributed by atoms with Crippen molar-refractivity contribution in [1.82, 2.24) is 0 Å². The minimum atomic E-state index is -0.687. The summed E-state index contributed by atoms with van der Waals surface area (Å²) in [5, 5.41) is 4.82. The van der Waals surface area contributed by atoms with Crippen molar-refractivity contribution in [2.75, 3.05) is 9.80 Å². The Kier molecular flexibility index (Phi) is 18.2. The summed E-state index contributed by atoms with van der Waals surface area (Å²) in [5.41, 5.74) is 39.5. The zero-order valence-corrected chi connectivity index (χ0v) is 67.9. The second-order valence-electron chi connectivity index (χ2n) is 32.9. The first-order valence-electron chi connectivity index (χ1n) is 42.4. The molecule has 0 saturated heterocycles. The number of hydrogen-bond acceptors (Lipinski definition) is 2. The fourth-order valence-electron chi connectivity index (χ4n) is 20.2. The predicted octanol–water partition coefficient (Wildman–Crippen LogP) is 32.6. The molecule has 0 atom stereocenters. The molecule has 122 heavy (non-hydrogen) atoms. The van der Waals surface area contributed by atoms with Gasteiger partial charge in [-0.05, 0) is 262 Å². The second kappa shape index (κ2) is 30.5. The lowest BCUT2D eigenvalue weighted by Crippen LogP contribution is -2.28. The van der Waals surface area contributed by atoms with E-state index < -0.39 is 5.41 Å². The van der Waals surface area contributed by atoms with Crippen LogP contribution in [0.25, 0.3) is 144 Å². The molecule has 0 bridgehead atoms. The fourth-order valence-corrected chi connectivity index (χ4v) is 20.2. The van der Waals surface area contributed by atoms with Gasteiger partial charge in [-0.3, -0.25) is 0 Å². The summed E-state index contributed by atoms with van der Waals surface area (Å²) in [6.07, 6.45) is 0. The van der Waals surface area contributed by atoms with E-state index in [1.54, 1.807) is 0 Å². The van der Waals surface area contributed by atoms with E-state index in [0.29, 0.717) is 0 Å². The van der Waals surface area contributed by atoms with Gasteiger partial charge in [0.15, 0.2) is 0 Å². The van der Waals surface area contributed by atoms with Gasteiger partial charge in [-0.2, -0.15) is 0 Å². The van der Waals surface area contributed by atoms with Gasteiger partial charge in [0, 0.05) is 39.5 Å². The molecule has 20 aromatic rings. The molecule has 2 nitrogen and oxygen atoms in total. The third kappa shape index (κ3) is 12.6. The zero-order valence-electron chi connectivity index (χ0n) is 67.9. The molecule has 0 aliphatic heterocycles.